The zero-order valence-electron chi connectivity index (χ0n) is 65.2. The topological polar surface area (TPSA) is 624 Å². The van der Waals surface area contributed by atoms with Crippen molar-refractivity contribution in [1.29, 1.82) is 0 Å². The molecule has 0 bridgehead atoms. The number of hydrogen-bond acceptors (Lipinski definition) is 39. The lowest BCUT2D eigenvalue weighted by molar-refractivity contribution is -0.391. The second-order valence-corrected chi connectivity index (χ2v) is 35.9. The Morgan fingerprint density at radius 3 is 1.56 bits per heavy atom. The average Bonchev–Trinajstić information content (AvgIpc) is 0.656. The van der Waals surface area contributed by atoms with Crippen LogP contribution in [0.25, 0.3) is 0 Å². The Morgan fingerprint density at radius 2 is 0.957 bits per heavy atom. The van der Waals surface area contributed by atoms with Crippen LogP contribution in [0.15, 0.2) is 11.6 Å². The van der Waals surface area contributed by atoms with Crippen LogP contribution in [0.1, 0.15) is 120 Å². The molecule has 0 amide bonds. The van der Waals surface area contributed by atoms with E-state index in [1.165, 1.54) is 20.8 Å². The first-order valence-electron chi connectivity index (χ1n) is 39.8. The van der Waals surface area contributed by atoms with Gasteiger partial charge >= 0.3 is 11.9 Å². The molecule has 40 heteroatoms. The molecule has 4 saturated carbocycles. The zero-order chi connectivity index (χ0) is 83.9. The van der Waals surface area contributed by atoms with E-state index in [0.29, 0.717) is 38.5 Å². The zero-order valence-corrected chi connectivity index (χ0v) is 65.2. The van der Waals surface area contributed by atoms with E-state index in [4.69, 9.17) is 75.8 Å². The van der Waals surface area contributed by atoms with E-state index in [-0.39, 0.29) is 25.2 Å². The van der Waals surface area contributed by atoms with Gasteiger partial charge in [-0.2, -0.15) is 0 Å². The molecule has 8 saturated heterocycles. The third kappa shape index (κ3) is 15.7. The van der Waals surface area contributed by atoms with Gasteiger partial charge in [0.15, 0.2) is 56.2 Å². The van der Waals surface area contributed by atoms with Gasteiger partial charge in [-0.15, -0.1) is 0 Å². The number of aliphatic carboxylic acids is 1. The fourth-order valence-corrected chi connectivity index (χ4v) is 21.4. The Hall–Kier alpha value is -3.05. The first-order valence-corrected chi connectivity index (χ1v) is 39.8. The smallest absolute Gasteiger partial charge is 0.335 e. The summed E-state index contributed by atoms with van der Waals surface area (Å²) in [6.45, 7) is 13.8. The van der Waals surface area contributed by atoms with Crippen molar-refractivity contribution in [2.45, 2.75) is 360 Å². The van der Waals surface area contributed by atoms with Gasteiger partial charge in [-0.05, 0) is 118 Å². The summed E-state index contributed by atoms with van der Waals surface area (Å²) in [5.74, 6) is -4.22. The van der Waals surface area contributed by atoms with Crippen LogP contribution in [-0.4, -0.2) is 391 Å². The quantitative estimate of drug-likeness (QED) is 0.0247. The molecule has 8 aliphatic heterocycles. The van der Waals surface area contributed by atoms with Crippen LogP contribution < -0.4 is 0 Å². The Morgan fingerprint density at radius 1 is 0.452 bits per heavy atom. The molecule has 0 unspecified atom stereocenters. The number of ether oxygens (including phenoxy) is 16. The molecule has 0 aromatic carbocycles. The Labute approximate surface area is 661 Å². The number of carboxylic acids is 1. The molecule has 13 rings (SSSR count). The normalized spacial score (nSPS) is 55.4. The Kier molecular flexibility index (Phi) is 26.4. The molecular formula is C75H118O40. The highest BCUT2D eigenvalue weighted by Gasteiger charge is 2.73. The third-order valence-corrected chi connectivity index (χ3v) is 28.5. The molecule has 0 radical (unpaired) electrons. The number of aliphatic hydroxyl groups excluding tert-OH is 20. The predicted molar refractivity (Wildman–Crippen MR) is 373 cm³/mol. The highest BCUT2D eigenvalue weighted by molar-refractivity contribution is 5.80. The Bertz CT molecular complexity index is 3400. The molecule has 0 aromatic rings. The lowest BCUT2D eigenvalue weighted by atomic mass is 9.33. The molecule has 13 aliphatic rings. The number of aldehydes is 1. The number of aliphatic hydroxyl groups is 20. The van der Waals surface area contributed by atoms with Gasteiger partial charge in [0.1, 0.15) is 158 Å². The van der Waals surface area contributed by atoms with Crippen molar-refractivity contribution in [3.05, 3.63) is 11.6 Å². The van der Waals surface area contributed by atoms with Crippen molar-refractivity contribution in [3.63, 3.8) is 0 Å². The van der Waals surface area contributed by atoms with Crippen molar-refractivity contribution in [2.24, 2.45) is 50.2 Å². The molecule has 658 valence electrons. The van der Waals surface area contributed by atoms with Crippen LogP contribution in [0.2, 0.25) is 0 Å². The molecular weight excluding hydrogens is 1540 g/mol. The summed E-state index contributed by atoms with van der Waals surface area (Å²) in [5.41, 5.74) is -5.11. The number of hydrogen-bond donors (Lipinski definition) is 21. The maximum Gasteiger partial charge on any atom is 0.335 e. The van der Waals surface area contributed by atoms with Crippen LogP contribution >= 0.6 is 0 Å². The molecule has 0 aromatic heterocycles. The number of esters is 1. The van der Waals surface area contributed by atoms with Crippen molar-refractivity contribution in [3.8, 4) is 0 Å². The van der Waals surface area contributed by atoms with Crippen LogP contribution in [0.3, 0.4) is 0 Å². The third-order valence-electron chi connectivity index (χ3n) is 28.5. The van der Waals surface area contributed by atoms with E-state index in [2.05, 4.69) is 40.7 Å². The van der Waals surface area contributed by atoms with E-state index in [9.17, 15) is 117 Å². The van der Waals surface area contributed by atoms with Gasteiger partial charge in [0.25, 0.3) is 0 Å². The second kappa shape index (κ2) is 33.9. The first kappa shape index (κ1) is 89.7. The summed E-state index contributed by atoms with van der Waals surface area (Å²) >= 11 is 0. The van der Waals surface area contributed by atoms with Gasteiger partial charge in [-0.3, -0.25) is 4.79 Å². The minimum absolute atomic E-state index is 0.00166. The SMILES string of the molecule is C[C@@H]1O[C@@H](O[C@@H]2[C@H](O)[C@@H](O[C@@H]3O[C@H](C)[C@@H](O)[C@H](O)[C@H]3O)[C@H](OC(=O)[C@]34CCC(C)(C)C[C@H]3C3=CC[C@@H]5[C@@]6(C)CC[C@H](O[C@@H]7O[C@H](C(=O)O)[C@@H](O)[C@H](O[C@@H]8OC[C@H](O)[C@H](O)[C@H]8O)[C@H]7O[C@@H]7O[C@H](CO)[C@H](O)[C@H](O)[C@H]7O)[C@@](C)(C=O)[C@@H]6CC[C@@]5(C)[C@]3(C)C[C@H]4O)O[C@@H]2C)[C@H](O)[C@H](O)[C@H]1O[C@@H]1OC[C@@H](O)[C@H](O[C@@H]2OC[C@@H](O)[C@H](O)[C@H]2O)[C@H]1O. The summed E-state index contributed by atoms with van der Waals surface area (Å²) in [7, 11) is 0. The molecule has 115 heavy (non-hydrogen) atoms. The maximum atomic E-state index is 16.1. The fourth-order valence-electron chi connectivity index (χ4n) is 21.4. The second-order valence-electron chi connectivity index (χ2n) is 35.9. The molecule has 40 nitrogen and oxygen atoms in total. The molecule has 0 spiro atoms. The van der Waals surface area contributed by atoms with Gasteiger partial charge < -0.3 is 188 Å². The van der Waals surface area contributed by atoms with E-state index in [0.717, 1.165) is 11.9 Å². The molecule has 12 fully saturated rings. The monoisotopic (exact) mass is 1660 g/mol. The predicted octanol–water partition coefficient (Wildman–Crippen LogP) is -7.50. The highest BCUT2D eigenvalue weighted by atomic mass is 16.8. The van der Waals surface area contributed by atoms with Crippen molar-refractivity contribution >= 4 is 18.2 Å². The first-order chi connectivity index (χ1) is 53.9. The number of fused-ring (bicyclic) bond motifs is 7. The van der Waals surface area contributed by atoms with E-state index in [1.807, 2.05) is 0 Å². The summed E-state index contributed by atoms with van der Waals surface area (Å²) in [4.78, 5) is 43.4. The molecule has 21 N–H and O–H groups in total. The summed E-state index contributed by atoms with van der Waals surface area (Å²) < 4.78 is 96.2. The van der Waals surface area contributed by atoms with Gasteiger partial charge in [0.2, 0.25) is 6.29 Å². The number of rotatable bonds is 19. The largest absolute Gasteiger partial charge is 0.479 e. The average molecular weight is 1660 g/mol. The van der Waals surface area contributed by atoms with Crippen molar-refractivity contribution in [1.82, 2.24) is 0 Å². The summed E-state index contributed by atoms with van der Waals surface area (Å²) in [6, 6.07) is 0. The van der Waals surface area contributed by atoms with Crippen LogP contribution in [0, 0.1) is 50.2 Å². The van der Waals surface area contributed by atoms with Gasteiger partial charge in [0.05, 0.1) is 62.4 Å². The molecule has 8 heterocycles. The van der Waals surface area contributed by atoms with Gasteiger partial charge in [-0.1, -0.05) is 53.2 Å². The van der Waals surface area contributed by atoms with Crippen molar-refractivity contribution < 1.29 is 197 Å². The van der Waals surface area contributed by atoms with E-state index < -0.39 is 322 Å². The summed E-state index contributed by atoms with van der Waals surface area (Å²) in [6.07, 6.45) is -64.0. The number of carboxylic acid groups (broad SMARTS) is 1. The van der Waals surface area contributed by atoms with Gasteiger partial charge in [-0.25, -0.2) is 4.79 Å². The van der Waals surface area contributed by atoms with E-state index >= 15 is 4.79 Å². The minimum Gasteiger partial charge on any atom is -0.479 e. The minimum atomic E-state index is -2.24. The number of carbonyl (C=O) groups excluding carboxylic acids is 2. The number of allylic oxidation sites excluding steroid dienone is 2. The van der Waals surface area contributed by atoms with Crippen LogP contribution in [0.5, 0.6) is 0 Å². The lowest BCUT2D eigenvalue weighted by Crippen LogP contribution is -2.69. The Balaban J connectivity index is 0.746. The number of carbonyl (C=O) groups is 3. The fraction of sp³-hybridized carbons (Fsp3) is 0.933. The highest BCUT2D eigenvalue weighted by Crippen LogP contribution is 2.76. The van der Waals surface area contributed by atoms with E-state index in [1.54, 1.807) is 6.92 Å². The van der Waals surface area contributed by atoms with Gasteiger partial charge in [0, 0.05) is 0 Å². The summed E-state index contributed by atoms with van der Waals surface area (Å²) in [5, 5.41) is 233. The maximum absolute atomic E-state index is 16.1. The van der Waals surface area contributed by atoms with Crippen LogP contribution in [0.4, 0.5) is 0 Å². The lowest BCUT2D eigenvalue weighted by Gasteiger charge is -2.71. The molecule has 47 atom stereocenters. The molecule has 5 aliphatic carbocycles. The van der Waals surface area contributed by atoms with Crippen molar-refractivity contribution in [2.75, 3.05) is 26.4 Å². The van der Waals surface area contributed by atoms with Crippen LogP contribution in [-0.2, 0) is 90.2 Å². The standard InChI is InChI=1S/C75H118O40/c1-25-38(82)42(86)47(91)64(103-25)113-58-50(94)54(109-65-49(93)44(88)53(26(2)104-65)108-63-52(96)55(32(80)23-102-63)110-61-45(89)39(83)30(78)21-100-61)27(3)105-67(58)115-69(99)75-17-16-70(4,5)18-29(75)28-10-11-35-71(6)14-13-37(72(7,24-77)34(71)12-15-73(35,8)74(28,9)19-36(75)81)107-68-59(114-66-48(92)43(87)41(85)33(20-76)106-66)56(51(95)57(112-68)60(97)98)111-62-46(90)40(84)31(79)22-101-62/h10,24-27,29-59,61-68,76,78-96H,11-23H2,1-9H3,(H,97,98)/t25-,26+,27-,29+,30-,31+,32-,33-,34-,35-,36-,37+,38-,39+,40+,41+,42+,43+,44+,45-,46-,47-,48-,49-,50+,51+,52-,53+,54+,55+,56+,57+,58-,59-,61+,62+,63+,64+,65+,66+,67+,68-,71+,72+,73-,74-,75-/m1/s1.